The lowest BCUT2D eigenvalue weighted by molar-refractivity contribution is 0.196. The van der Waals surface area contributed by atoms with Crippen molar-refractivity contribution in [3.63, 3.8) is 0 Å². The maximum absolute atomic E-state index is 12.2. The second-order valence-corrected chi connectivity index (χ2v) is 7.79. The Morgan fingerprint density at radius 3 is 2.63 bits per heavy atom. The molecule has 0 aliphatic heterocycles. The average molecular weight is 348 g/mol. The van der Waals surface area contributed by atoms with E-state index in [1.807, 2.05) is 0 Å². The number of hydrogen-bond donors (Lipinski definition) is 1. The van der Waals surface area contributed by atoms with Crippen LogP contribution in [0.15, 0.2) is 33.6 Å². The van der Waals surface area contributed by atoms with Gasteiger partial charge in [0, 0.05) is 23.6 Å². The van der Waals surface area contributed by atoms with Gasteiger partial charge in [-0.2, -0.15) is 0 Å². The van der Waals surface area contributed by atoms with Gasteiger partial charge in [-0.1, -0.05) is 22.0 Å². The minimum absolute atomic E-state index is 0.0768. The van der Waals surface area contributed by atoms with Crippen molar-refractivity contribution in [1.29, 1.82) is 0 Å². The Balaban J connectivity index is 2.00. The van der Waals surface area contributed by atoms with E-state index in [9.17, 15) is 8.42 Å². The molecule has 1 saturated carbocycles. The summed E-state index contributed by atoms with van der Waals surface area (Å²) < 4.78 is 25.2. The number of sulfone groups is 1. The molecule has 1 aliphatic rings. The second kappa shape index (κ2) is 6.35. The van der Waals surface area contributed by atoms with E-state index in [1.165, 1.54) is 0 Å². The SMILES string of the molecule is O=S(=O)(CCN(CCO)C1CC1)c1cccc(Br)c1. The maximum atomic E-state index is 12.2. The van der Waals surface area contributed by atoms with Gasteiger partial charge in [0.1, 0.15) is 0 Å². The van der Waals surface area contributed by atoms with Crippen molar-refractivity contribution in [2.24, 2.45) is 0 Å². The summed E-state index contributed by atoms with van der Waals surface area (Å²) in [7, 11) is -3.26. The van der Waals surface area contributed by atoms with E-state index >= 15 is 0 Å². The summed E-state index contributed by atoms with van der Waals surface area (Å²) in [5.41, 5.74) is 0. The van der Waals surface area contributed by atoms with Gasteiger partial charge in [0.2, 0.25) is 0 Å². The molecule has 1 fully saturated rings. The van der Waals surface area contributed by atoms with Crippen LogP contribution in [-0.2, 0) is 9.84 Å². The van der Waals surface area contributed by atoms with E-state index in [1.54, 1.807) is 24.3 Å². The van der Waals surface area contributed by atoms with Gasteiger partial charge in [0.15, 0.2) is 9.84 Å². The smallest absolute Gasteiger partial charge is 0.179 e. The predicted molar refractivity (Wildman–Crippen MR) is 77.9 cm³/mol. The van der Waals surface area contributed by atoms with Gasteiger partial charge in [-0.05, 0) is 31.0 Å². The quantitative estimate of drug-likeness (QED) is 0.815. The van der Waals surface area contributed by atoms with Crippen LogP contribution in [0, 0.1) is 0 Å². The monoisotopic (exact) mass is 347 g/mol. The Bertz CT molecular complexity index is 528. The molecular weight excluding hydrogens is 330 g/mol. The van der Waals surface area contributed by atoms with E-state index in [2.05, 4.69) is 20.8 Å². The molecule has 0 spiro atoms. The zero-order valence-electron chi connectivity index (χ0n) is 10.6. The highest BCUT2D eigenvalue weighted by molar-refractivity contribution is 9.10. The highest BCUT2D eigenvalue weighted by Gasteiger charge is 2.29. The third-order valence-electron chi connectivity index (χ3n) is 3.25. The zero-order chi connectivity index (χ0) is 13.9. The van der Waals surface area contributed by atoms with Crippen LogP contribution in [-0.4, -0.2) is 49.9 Å². The summed E-state index contributed by atoms with van der Waals surface area (Å²) >= 11 is 3.28. The van der Waals surface area contributed by atoms with Gasteiger partial charge >= 0.3 is 0 Å². The summed E-state index contributed by atoms with van der Waals surface area (Å²) in [6.45, 7) is 1.12. The first-order chi connectivity index (χ1) is 9.03. The van der Waals surface area contributed by atoms with Gasteiger partial charge in [-0.3, -0.25) is 4.90 Å². The van der Waals surface area contributed by atoms with E-state index in [0.717, 1.165) is 17.3 Å². The lowest BCUT2D eigenvalue weighted by atomic mass is 10.4. The summed E-state index contributed by atoms with van der Waals surface area (Å²) in [4.78, 5) is 2.41. The number of hydrogen-bond acceptors (Lipinski definition) is 4. The number of aliphatic hydroxyl groups is 1. The Labute approximate surface area is 122 Å². The van der Waals surface area contributed by atoms with E-state index in [4.69, 9.17) is 5.11 Å². The number of benzene rings is 1. The van der Waals surface area contributed by atoms with E-state index in [0.29, 0.717) is 24.0 Å². The number of nitrogens with zero attached hydrogens (tertiary/aromatic N) is 1. The first-order valence-corrected chi connectivity index (χ1v) is 8.81. The van der Waals surface area contributed by atoms with Crippen LogP contribution in [0.1, 0.15) is 12.8 Å². The largest absolute Gasteiger partial charge is 0.395 e. The number of rotatable bonds is 7. The molecule has 4 nitrogen and oxygen atoms in total. The van der Waals surface area contributed by atoms with Crippen LogP contribution < -0.4 is 0 Å². The van der Waals surface area contributed by atoms with Gasteiger partial charge in [0.25, 0.3) is 0 Å². The summed E-state index contributed by atoms with van der Waals surface area (Å²) in [5, 5.41) is 9.00. The normalized spacial score (nSPS) is 15.9. The Morgan fingerprint density at radius 2 is 2.05 bits per heavy atom. The molecular formula is C13H18BrNO3S. The van der Waals surface area contributed by atoms with Gasteiger partial charge in [-0.25, -0.2) is 8.42 Å². The molecule has 0 atom stereocenters. The summed E-state index contributed by atoms with van der Waals surface area (Å²) in [6, 6.07) is 7.24. The molecule has 0 unspecified atom stereocenters. The van der Waals surface area contributed by atoms with E-state index < -0.39 is 9.84 Å². The first kappa shape index (κ1) is 15.0. The van der Waals surface area contributed by atoms with Crippen molar-refractivity contribution in [2.75, 3.05) is 25.4 Å². The molecule has 19 heavy (non-hydrogen) atoms. The Morgan fingerprint density at radius 1 is 1.32 bits per heavy atom. The third-order valence-corrected chi connectivity index (χ3v) is 5.44. The zero-order valence-corrected chi connectivity index (χ0v) is 13.0. The standard InChI is InChI=1S/C13H18BrNO3S/c14-11-2-1-3-13(10-11)19(17,18)9-7-15(6-8-16)12-4-5-12/h1-3,10,12,16H,4-9H2. The fraction of sp³-hybridized carbons (Fsp3) is 0.538. The highest BCUT2D eigenvalue weighted by atomic mass is 79.9. The molecule has 6 heteroatoms. The van der Waals surface area contributed by atoms with Crippen molar-refractivity contribution in [2.45, 2.75) is 23.8 Å². The van der Waals surface area contributed by atoms with Gasteiger partial charge < -0.3 is 5.11 Å². The molecule has 1 aromatic rings. The maximum Gasteiger partial charge on any atom is 0.179 e. The third kappa shape index (κ3) is 4.27. The molecule has 106 valence electrons. The van der Waals surface area contributed by atoms with Crippen LogP contribution in [0.3, 0.4) is 0 Å². The minimum atomic E-state index is -3.26. The molecule has 0 heterocycles. The van der Waals surface area contributed by atoms with Crippen LogP contribution in [0.4, 0.5) is 0 Å². The molecule has 1 aromatic carbocycles. The molecule has 0 bridgehead atoms. The fourth-order valence-corrected chi connectivity index (χ4v) is 3.91. The lowest BCUT2D eigenvalue weighted by Crippen LogP contribution is -2.33. The number of aliphatic hydroxyl groups excluding tert-OH is 1. The van der Waals surface area contributed by atoms with Crippen molar-refractivity contribution in [1.82, 2.24) is 4.90 Å². The molecule has 1 aliphatic carbocycles. The van der Waals surface area contributed by atoms with Crippen molar-refractivity contribution in [3.8, 4) is 0 Å². The predicted octanol–water partition coefficient (Wildman–Crippen LogP) is 1.68. The fourth-order valence-electron chi connectivity index (χ4n) is 2.06. The lowest BCUT2D eigenvalue weighted by Gasteiger charge is -2.20. The first-order valence-electron chi connectivity index (χ1n) is 6.36. The van der Waals surface area contributed by atoms with Crippen molar-refractivity contribution < 1.29 is 13.5 Å². The van der Waals surface area contributed by atoms with Crippen molar-refractivity contribution >= 4 is 25.8 Å². The average Bonchev–Trinajstić information content (AvgIpc) is 3.19. The van der Waals surface area contributed by atoms with Gasteiger partial charge in [0.05, 0.1) is 17.3 Å². The van der Waals surface area contributed by atoms with Crippen LogP contribution in [0.25, 0.3) is 0 Å². The van der Waals surface area contributed by atoms with Crippen LogP contribution >= 0.6 is 15.9 Å². The Hall–Kier alpha value is -0.430. The molecule has 1 N–H and O–H groups in total. The van der Waals surface area contributed by atoms with E-state index in [-0.39, 0.29) is 12.4 Å². The Kier molecular flexibility index (Phi) is 5.00. The molecule has 0 radical (unpaired) electrons. The van der Waals surface area contributed by atoms with Crippen LogP contribution in [0.5, 0.6) is 0 Å². The number of halogens is 1. The summed E-state index contributed by atoms with van der Waals surface area (Å²) in [5.74, 6) is 0.0972. The van der Waals surface area contributed by atoms with Crippen molar-refractivity contribution in [3.05, 3.63) is 28.7 Å². The summed E-state index contributed by atoms with van der Waals surface area (Å²) in [6.07, 6.45) is 2.22. The minimum Gasteiger partial charge on any atom is -0.395 e. The molecule has 0 saturated heterocycles. The van der Waals surface area contributed by atoms with Gasteiger partial charge in [-0.15, -0.1) is 0 Å². The molecule has 0 amide bonds. The topological polar surface area (TPSA) is 57.6 Å². The highest BCUT2D eigenvalue weighted by Crippen LogP contribution is 2.26. The van der Waals surface area contributed by atoms with Crippen LogP contribution in [0.2, 0.25) is 0 Å². The molecule has 0 aromatic heterocycles. The second-order valence-electron chi connectivity index (χ2n) is 4.77. The molecule has 2 rings (SSSR count).